The molecule has 0 radical (unpaired) electrons. The van der Waals surface area contributed by atoms with Crippen molar-refractivity contribution in [2.45, 2.75) is 90.9 Å². The molecular weight excluding hydrogens is 312 g/mol. The zero-order valence-corrected chi connectivity index (χ0v) is 16.7. The summed E-state index contributed by atoms with van der Waals surface area (Å²) in [6.07, 6.45) is 14.5. The third kappa shape index (κ3) is 10.6. The van der Waals surface area contributed by atoms with Crippen molar-refractivity contribution < 1.29 is 9.59 Å². The van der Waals surface area contributed by atoms with Crippen LogP contribution in [0.25, 0.3) is 0 Å². The molecule has 1 saturated carbocycles. The molecule has 0 bridgehead atoms. The summed E-state index contributed by atoms with van der Waals surface area (Å²) in [5.74, 6) is 1.17. The smallest absolute Gasteiger partial charge is 0.222 e. The quantitative estimate of drug-likeness (QED) is 0.662. The minimum Gasteiger partial charge on any atom is -0.340 e. The first kappa shape index (κ1) is 22.1. The molecule has 4 heteroatoms. The number of hydrogen-bond acceptors (Lipinski definition) is 3. The molecule has 1 N–H and O–H groups in total. The van der Waals surface area contributed by atoms with Crippen molar-refractivity contribution >= 4 is 11.7 Å². The number of piperazine rings is 1. The SMILES string of the molecule is CC(=O)C1CCCCC1.CCCCCCCCC(=O)N1CCNCC1. The maximum Gasteiger partial charge on any atom is 0.222 e. The van der Waals surface area contributed by atoms with Gasteiger partial charge in [-0.1, -0.05) is 58.3 Å². The molecule has 1 aliphatic heterocycles. The van der Waals surface area contributed by atoms with Crippen LogP contribution < -0.4 is 5.32 Å². The van der Waals surface area contributed by atoms with Crippen LogP contribution in [0.2, 0.25) is 0 Å². The molecule has 2 rings (SSSR count). The van der Waals surface area contributed by atoms with Crippen LogP contribution in [0, 0.1) is 5.92 Å². The van der Waals surface area contributed by atoms with Crippen LogP contribution in [0.3, 0.4) is 0 Å². The Morgan fingerprint density at radius 2 is 1.52 bits per heavy atom. The summed E-state index contributed by atoms with van der Waals surface area (Å²) in [5.41, 5.74) is 0. The Balaban J connectivity index is 0.000000293. The Bertz CT molecular complexity index is 359. The van der Waals surface area contributed by atoms with E-state index in [0.29, 0.717) is 17.6 Å². The van der Waals surface area contributed by atoms with Gasteiger partial charge < -0.3 is 10.2 Å². The molecule has 0 unspecified atom stereocenters. The highest BCUT2D eigenvalue weighted by molar-refractivity contribution is 5.78. The van der Waals surface area contributed by atoms with Crippen molar-refractivity contribution in [2.75, 3.05) is 26.2 Å². The van der Waals surface area contributed by atoms with Gasteiger partial charge in [-0.2, -0.15) is 0 Å². The number of rotatable bonds is 8. The van der Waals surface area contributed by atoms with Crippen LogP contribution in [0.1, 0.15) is 90.9 Å². The standard InChI is InChI=1S/C13H26N2O.C8H14O/c1-2-3-4-5-6-7-8-13(16)15-11-9-14-10-12-15;1-7(9)8-5-3-2-4-6-8/h14H,2-12H2,1H3;8H,2-6H2,1H3. The zero-order chi connectivity index (χ0) is 18.3. The van der Waals surface area contributed by atoms with Crippen LogP contribution in [0.5, 0.6) is 0 Å². The summed E-state index contributed by atoms with van der Waals surface area (Å²) in [6.45, 7) is 7.66. The van der Waals surface area contributed by atoms with Crippen LogP contribution >= 0.6 is 0 Å². The first-order valence-electron chi connectivity index (χ1n) is 10.6. The average molecular weight is 353 g/mol. The number of nitrogens with zero attached hydrogens (tertiary/aromatic N) is 1. The normalized spacial score (nSPS) is 18.4. The van der Waals surface area contributed by atoms with Crippen LogP contribution in [-0.2, 0) is 9.59 Å². The second-order valence-corrected chi connectivity index (χ2v) is 7.59. The summed E-state index contributed by atoms with van der Waals surface area (Å²) in [6, 6.07) is 0. The molecule has 1 aliphatic carbocycles. The number of amides is 1. The number of Topliss-reactive ketones (excluding diaryl/α,β-unsaturated/α-hetero) is 1. The van der Waals surface area contributed by atoms with Crippen LogP contribution in [0.15, 0.2) is 0 Å². The predicted octanol–water partition coefficient (Wildman–Crippen LogP) is 4.32. The molecule has 2 fully saturated rings. The molecule has 0 aromatic rings. The van der Waals surface area contributed by atoms with Gasteiger partial charge in [0.15, 0.2) is 0 Å². The lowest BCUT2D eigenvalue weighted by Crippen LogP contribution is -2.46. The lowest BCUT2D eigenvalue weighted by atomic mass is 9.87. The summed E-state index contributed by atoms with van der Waals surface area (Å²) in [7, 11) is 0. The van der Waals surface area contributed by atoms with E-state index in [1.165, 1.54) is 51.4 Å². The zero-order valence-electron chi connectivity index (χ0n) is 16.7. The fourth-order valence-electron chi connectivity index (χ4n) is 3.64. The highest BCUT2D eigenvalue weighted by atomic mass is 16.2. The van der Waals surface area contributed by atoms with Gasteiger partial charge in [0.05, 0.1) is 0 Å². The van der Waals surface area contributed by atoms with Crippen molar-refractivity contribution in [3.05, 3.63) is 0 Å². The summed E-state index contributed by atoms with van der Waals surface area (Å²) in [4.78, 5) is 24.6. The first-order chi connectivity index (χ1) is 12.1. The van der Waals surface area contributed by atoms with Gasteiger partial charge in [-0.15, -0.1) is 0 Å². The van der Waals surface area contributed by atoms with Crippen molar-refractivity contribution in [3.63, 3.8) is 0 Å². The number of carbonyl (C=O) groups is 2. The molecule has 0 atom stereocenters. The molecule has 0 spiro atoms. The summed E-state index contributed by atoms with van der Waals surface area (Å²) in [5, 5.41) is 3.27. The highest BCUT2D eigenvalue weighted by Gasteiger charge is 2.16. The Kier molecular flexibility index (Phi) is 12.7. The van der Waals surface area contributed by atoms with E-state index < -0.39 is 0 Å². The lowest BCUT2D eigenvalue weighted by molar-refractivity contribution is -0.131. The second-order valence-electron chi connectivity index (χ2n) is 7.59. The summed E-state index contributed by atoms with van der Waals surface area (Å²) < 4.78 is 0. The van der Waals surface area contributed by atoms with Gasteiger partial charge in [-0.3, -0.25) is 9.59 Å². The maximum atomic E-state index is 11.8. The van der Waals surface area contributed by atoms with Gasteiger partial charge in [0.25, 0.3) is 0 Å². The van der Waals surface area contributed by atoms with Gasteiger partial charge in [0.1, 0.15) is 5.78 Å². The van der Waals surface area contributed by atoms with Gasteiger partial charge in [-0.25, -0.2) is 0 Å². The molecule has 1 saturated heterocycles. The monoisotopic (exact) mass is 352 g/mol. The molecule has 25 heavy (non-hydrogen) atoms. The number of hydrogen-bond donors (Lipinski definition) is 1. The minimum absolute atomic E-state index is 0.358. The number of nitrogens with one attached hydrogen (secondary N) is 1. The fourth-order valence-corrected chi connectivity index (χ4v) is 3.64. The first-order valence-corrected chi connectivity index (χ1v) is 10.6. The van der Waals surface area contributed by atoms with E-state index in [4.69, 9.17) is 0 Å². The fraction of sp³-hybridized carbons (Fsp3) is 0.905. The Labute approximate surface area is 155 Å². The van der Waals surface area contributed by atoms with E-state index in [9.17, 15) is 9.59 Å². The number of carbonyl (C=O) groups excluding carboxylic acids is 2. The van der Waals surface area contributed by atoms with E-state index in [-0.39, 0.29) is 0 Å². The molecule has 2 aliphatic rings. The lowest BCUT2D eigenvalue weighted by Gasteiger charge is -2.27. The van der Waals surface area contributed by atoms with E-state index in [1.54, 1.807) is 6.92 Å². The third-order valence-electron chi connectivity index (χ3n) is 5.39. The van der Waals surface area contributed by atoms with E-state index in [1.807, 2.05) is 4.90 Å². The molecule has 1 amide bonds. The van der Waals surface area contributed by atoms with E-state index in [0.717, 1.165) is 51.9 Å². The van der Waals surface area contributed by atoms with Crippen molar-refractivity contribution in [3.8, 4) is 0 Å². The Hall–Kier alpha value is -0.900. The van der Waals surface area contributed by atoms with Gasteiger partial charge in [0, 0.05) is 38.5 Å². The summed E-state index contributed by atoms with van der Waals surface area (Å²) >= 11 is 0. The average Bonchev–Trinajstić information content (AvgIpc) is 2.66. The molecule has 1 heterocycles. The molecule has 4 nitrogen and oxygen atoms in total. The topological polar surface area (TPSA) is 49.4 Å². The molecular formula is C21H40N2O2. The maximum absolute atomic E-state index is 11.8. The van der Waals surface area contributed by atoms with Crippen molar-refractivity contribution in [1.82, 2.24) is 10.2 Å². The van der Waals surface area contributed by atoms with Crippen LogP contribution in [0.4, 0.5) is 0 Å². The molecule has 0 aromatic carbocycles. The number of unbranched alkanes of at least 4 members (excludes halogenated alkanes) is 5. The van der Waals surface area contributed by atoms with Gasteiger partial charge in [0.2, 0.25) is 5.91 Å². The van der Waals surface area contributed by atoms with Crippen LogP contribution in [-0.4, -0.2) is 42.8 Å². The van der Waals surface area contributed by atoms with Gasteiger partial charge in [-0.05, 0) is 26.2 Å². The molecule has 146 valence electrons. The van der Waals surface area contributed by atoms with E-state index >= 15 is 0 Å². The minimum atomic E-state index is 0.358. The van der Waals surface area contributed by atoms with Crippen molar-refractivity contribution in [2.24, 2.45) is 5.92 Å². The third-order valence-corrected chi connectivity index (χ3v) is 5.39. The molecule has 0 aromatic heterocycles. The highest BCUT2D eigenvalue weighted by Crippen LogP contribution is 2.23. The Morgan fingerprint density at radius 3 is 2.08 bits per heavy atom. The number of ketones is 1. The second kappa shape index (κ2) is 14.3. The largest absolute Gasteiger partial charge is 0.340 e. The van der Waals surface area contributed by atoms with Crippen molar-refractivity contribution in [1.29, 1.82) is 0 Å². The van der Waals surface area contributed by atoms with Gasteiger partial charge >= 0.3 is 0 Å². The predicted molar refractivity (Wildman–Crippen MR) is 105 cm³/mol. The van der Waals surface area contributed by atoms with E-state index in [2.05, 4.69) is 12.2 Å². The Morgan fingerprint density at radius 1 is 0.920 bits per heavy atom.